The van der Waals surface area contributed by atoms with Crippen LogP contribution in [0, 0.1) is 17.2 Å². The number of H-pyrrole nitrogens is 1. The highest BCUT2D eigenvalue weighted by molar-refractivity contribution is 6.06. The number of carbonyl (C=O) groups excluding carboxylic acids is 1. The number of halogens is 1. The normalized spacial score (nSPS) is 31.7. The average molecular weight is 359 g/mol. The van der Waals surface area contributed by atoms with Crippen molar-refractivity contribution in [3.63, 3.8) is 0 Å². The van der Waals surface area contributed by atoms with Gasteiger partial charge in [-0.1, -0.05) is 13.8 Å². The van der Waals surface area contributed by atoms with Crippen LogP contribution < -0.4 is 5.32 Å². The van der Waals surface area contributed by atoms with Gasteiger partial charge >= 0.3 is 0 Å². The van der Waals surface area contributed by atoms with Crippen LogP contribution in [-0.2, 0) is 0 Å². The molecule has 26 heavy (non-hydrogen) atoms. The third-order valence-corrected chi connectivity index (χ3v) is 6.21. The lowest BCUT2D eigenvalue weighted by molar-refractivity contribution is -0.0827. The van der Waals surface area contributed by atoms with Crippen LogP contribution >= 0.6 is 0 Å². The van der Waals surface area contributed by atoms with E-state index >= 15 is 0 Å². The van der Waals surface area contributed by atoms with Crippen molar-refractivity contribution >= 4 is 16.8 Å². The van der Waals surface area contributed by atoms with Crippen molar-refractivity contribution in [2.75, 3.05) is 13.6 Å². The first-order valence-corrected chi connectivity index (χ1v) is 9.26. The number of aromatic amines is 1. The number of hydrogen-bond donors (Lipinski definition) is 3. The molecule has 1 aliphatic heterocycles. The summed E-state index contributed by atoms with van der Waals surface area (Å²) in [5.41, 5.74) is 1.17. The maximum Gasteiger partial charge on any atom is 0.253 e. The van der Waals surface area contributed by atoms with Crippen LogP contribution in [0.25, 0.3) is 10.9 Å². The molecule has 0 bridgehead atoms. The van der Waals surface area contributed by atoms with E-state index < -0.39 is 6.10 Å². The predicted octanol–water partition coefficient (Wildman–Crippen LogP) is 2.52. The fourth-order valence-electron chi connectivity index (χ4n) is 5.53. The van der Waals surface area contributed by atoms with Crippen molar-refractivity contribution in [1.29, 1.82) is 0 Å². The number of aromatic nitrogens is 1. The number of aliphatic hydroxyl groups excluding tert-OH is 1. The summed E-state index contributed by atoms with van der Waals surface area (Å²) >= 11 is 0. The predicted molar refractivity (Wildman–Crippen MR) is 98.4 cm³/mol. The number of aliphatic hydroxyl groups is 1. The van der Waals surface area contributed by atoms with Gasteiger partial charge in [0.15, 0.2) is 0 Å². The summed E-state index contributed by atoms with van der Waals surface area (Å²) in [6.07, 6.45) is 2.59. The van der Waals surface area contributed by atoms with Crippen LogP contribution in [0.5, 0.6) is 0 Å². The summed E-state index contributed by atoms with van der Waals surface area (Å²) in [5, 5.41) is 14.3. The number of hydrogen-bond acceptors (Lipinski definition) is 3. The molecule has 4 rings (SSSR count). The first-order valence-electron chi connectivity index (χ1n) is 9.26. The number of nitrogens with zero attached hydrogens (tertiary/aromatic N) is 1. The van der Waals surface area contributed by atoms with Gasteiger partial charge in [0.05, 0.1) is 17.7 Å². The molecule has 0 radical (unpaired) electrons. The van der Waals surface area contributed by atoms with Gasteiger partial charge in [0.25, 0.3) is 5.91 Å². The summed E-state index contributed by atoms with van der Waals surface area (Å²) in [6, 6.07) is 4.53. The number of benzene rings is 1. The zero-order valence-corrected chi connectivity index (χ0v) is 15.4. The molecule has 2 aliphatic rings. The van der Waals surface area contributed by atoms with E-state index in [0.29, 0.717) is 28.4 Å². The molecular weight excluding hydrogens is 333 g/mol. The van der Waals surface area contributed by atoms with E-state index in [2.05, 4.69) is 36.1 Å². The van der Waals surface area contributed by atoms with E-state index in [1.54, 1.807) is 12.3 Å². The minimum atomic E-state index is -0.531. The number of fused-ring (bicyclic) bond motifs is 1. The number of likely N-dealkylation sites (tertiary alicyclic amines) is 1. The van der Waals surface area contributed by atoms with Gasteiger partial charge in [0.2, 0.25) is 0 Å². The number of amides is 1. The number of nitrogens with one attached hydrogen (secondary N) is 2. The lowest BCUT2D eigenvalue weighted by Crippen LogP contribution is -2.64. The quantitative estimate of drug-likeness (QED) is 0.789. The van der Waals surface area contributed by atoms with Crippen LogP contribution in [-0.4, -0.2) is 52.7 Å². The van der Waals surface area contributed by atoms with Gasteiger partial charge in [-0.25, -0.2) is 4.39 Å². The van der Waals surface area contributed by atoms with Crippen molar-refractivity contribution in [3.8, 4) is 0 Å². The smallest absolute Gasteiger partial charge is 0.253 e. The Balaban J connectivity index is 1.51. The van der Waals surface area contributed by atoms with Crippen molar-refractivity contribution in [2.24, 2.45) is 11.3 Å². The molecule has 1 saturated carbocycles. The van der Waals surface area contributed by atoms with Gasteiger partial charge in [-0.15, -0.1) is 0 Å². The summed E-state index contributed by atoms with van der Waals surface area (Å²) in [7, 11) is 2.12. The van der Waals surface area contributed by atoms with E-state index in [4.69, 9.17) is 0 Å². The molecular formula is C20H26FN3O2. The van der Waals surface area contributed by atoms with Crippen LogP contribution in [0.2, 0.25) is 0 Å². The van der Waals surface area contributed by atoms with Crippen molar-refractivity contribution in [1.82, 2.24) is 15.2 Å². The molecule has 1 spiro atoms. The maximum atomic E-state index is 13.3. The van der Waals surface area contributed by atoms with Gasteiger partial charge in [0.1, 0.15) is 5.82 Å². The number of rotatable bonds is 3. The SMILES string of the molecule is CC(C)C1N(C)CC12C[C@@H](O)[C@H](NC(=O)c1c[nH]c3cc(F)ccc13)C2. The second kappa shape index (κ2) is 6.06. The van der Waals surface area contributed by atoms with E-state index in [1.807, 2.05) is 0 Å². The van der Waals surface area contributed by atoms with Gasteiger partial charge in [-0.05, 0) is 44.0 Å². The lowest BCUT2D eigenvalue weighted by atomic mass is 9.66. The third-order valence-electron chi connectivity index (χ3n) is 6.21. The lowest BCUT2D eigenvalue weighted by Gasteiger charge is -2.57. The fraction of sp³-hybridized carbons (Fsp3) is 0.550. The first kappa shape index (κ1) is 17.5. The minimum Gasteiger partial charge on any atom is -0.391 e. The Bertz CT molecular complexity index is 844. The van der Waals surface area contributed by atoms with E-state index in [-0.39, 0.29) is 23.2 Å². The van der Waals surface area contributed by atoms with Gasteiger partial charge in [-0.2, -0.15) is 0 Å². The highest BCUT2D eigenvalue weighted by atomic mass is 19.1. The molecule has 1 aliphatic carbocycles. The molecule has 6 heteroatoms. The van der Waals surface area contributed by atoms with Gasteiger partial charge < -0.3 is 20.3 Å². The Morgan fingerprint density at radius 2 is 2.19 bits per heavy atom. The Morgan fingerprint density at radius 3 is 2.88 bits per heavy atom. The standard InChI is InChI=1S/C20H26FN3O2/c1-11(2)18-20(10-24(18)3)7-16(17(25)8-20)23-19(26)14-9-22-15-6-12(21)4-5-13(14)15/h4-6,9,11,16-18,22,25H,7-8,10H2,1-3H3,(H,23,26)/t16-,17-,18?,20?/m1/s1. The molecule has 1 aromatic heterocycles. The van der Waals surface area contributed by atoms with Crippen molar-refractivity contribution in [3.05, 3.63) is 35.8 Å². The molecule has 1 saturated heterocycles. The molecule has 2 unspecified atom stereocenters. The topological polar surface area (TPSA) is 68.4 Å². The van der Waals surface area contributed by atoms with Crippen LogP contribution in [0.15, 0.2) is 24.4 Å². The van der Waals surface area contributed by atoms with E-state index in [0.717, 1.165) is 19.4 Å². The van der Waals surface area contributed by atoms with Crippen molar-refractivity contribution < 1.29 is 14.3 Å². The summed E-state index contributed by atoms with van der Waals surface area (Å²) in [5.74, 6) is -0.0510. The molecule has 5 nitrogen and oxygen atoms in total. The molecule has 1 amide bonds. The minimum absolute atomic E-state index is 0.0869. The second-order valence-corrected chi connectivity index (χ2v) is 8.41. The zero-order chi connectivity index (χ0) is 18.6. The molecule has 3 N–H and O–H groups in total. The highest BCUT2D eigenvalue weighted by Crippen LogP contribution is 2.52. The molecule has 4 atom stereocenters. The Kier molecular flexibility index (Phi) is 4.08. The van der Waals surface area contributed by atoms with Gasteiger partial charge in [0, 0.05) is 35.1 Å². The molecule has 1 aromatic carbocycles. The summed E-state index contributed by atoms with van der Waals surface area (Å²) < 4.78 is 13.3. The van der Waals surface area contributed by atoms with Crippen molar-refractivity contribution in [2.45, 2.75) is 44.9 Å². The van der Waals surface area contributed by atoms with Crippen LogP contribution in [0.3, 0.4) is 0 Å². The zero-order valence-electron chi connectivity index (χ0n) is 15.4. The van der Waals surface area contributed by atoms with Crippen LogP contribution in [0.1, 0.15) is 37.0 Å². The molecule has 2 aromatic rings. The van der Waals surface area contributed by atoms with E-state index in [9.17, 15) is 14.3 Å². The summed E-state index contributed by atoms with van der Waals surface area (Å²) in [4.78, 5) is 18.0. The Labute approximate surface area is 152 Å². The number of carbonyl (C=O) groups is 1. The van der Waals surface area contributed by atoms with Gasteiger partial charge in [-0.3, -0.25) is 4.79 Å². The average Bonchev–Trinajstić information content (AvgIpc) is 3.08. The summed E-state index contributed by atoms with van der Waals surface area (Å²) in [6.45, 7) is 5.39. The van der Waals surface area contributed by atoms with Crippen LogP contribution in [0.4, 0.5) is 4.39 Å². The third kappa shape index (κ3) is 2.63. The Morgan fingerprint density at radius 1 is 1.42 bits per heavy atom. The first-order chi connectivity index (χ1) is 12.3. The highest BCUT2D eigenvalue weighted by Gasteiger charge is 2.58. The maximum absolute atomic E-state index is 13.3. The molecule has 2 fully saturated rings. The largest absolute Gasteiger partial charge is 0.391 e. The molecule has 2 heterocycles. The molecule has 140 valence electrons. The Hall–Kier alpha value is -1.92. The fourth-order valence-corrected chi connectivity index (χ4v) is 5.53. The van der Waals surface area contributed by atoms with E-state index in [1.165, 1.54) is 12.1 Å². The monoisotopic (exact) mass is 359 g/mol. The second-order valence-electron chi connectivity index (χ2n) is 8.41.